The van der Waals surface area contributed by atoms with Crippen LogP contribution in [0.25, 0.3) is 0 Å². The van der Waals surface area contributed by atoms with E-state index in [-0.39, 0.29) is 17.9 Å². The minimum Gasteiger partial charge on any atom is -0.306 e. The molecule has 1 aliphatic heterocycles. The van der Waals surface area contributed by atoms with Crippen LogP contribution < -0.4 is 5.32 Å². The third-order valence-corrected chi connectivity index (χ3v) is 1.28. The fraction of sp³-hybridized carbons (Fsp3) is 0.667. The van der Waals surface area contributed by atoms with Crippen LogP contribution in [0.1, 0.15) is 13.8 Å². The Bertz CT molecular complexity index is 151. The number of amides is 1. The minimum absolute atomic E-state index is 0.0370. The normalized spacial score (nSPS) is 25.2. The lowest BCUT2D eigenvalue weighted by atomic mass is 10.1. The standard InChI is InChI=1S/C6H9N2O/c1-4(2)5-6(9)8-3-7-5/h4-5H,1-2H3,(H,7,8,9). The molecule has 1 aliphatic rings. The molecule has 1 rings (SSSR count). The highest BCUT2D eigenvalue weighted by molar-refractivity contribution is 5.96. The van der Waals surface area contributed by atoms with Gasteiger partial charge in [0.2, 0.25) is 0 Å². The molecule has 0 fully saturated rings. The Morgan fingerprint density at radius 1 is 1.78 bits per heavy atom. The molecule has 49 valence electrons. The molecule has 3 heteroatoms. The molecule has 1 heterocycles. The monoisotopic (exact) mass is 125 g/mol. The van der Waals surface area contributed by atoms with Gasteiger partial charge >= 0.3 is 0 Å². The van der Waals surface area contributed by atoms with Gasteiger partial charge in [-0.2, -0.15) is 0 Å². The van der Waals surface area contributed by atoms with Crippen molar-refractivity contribution >= 4 is 12.2 Å². The highest BCUT2D eigenvalue weighted by atomic mass is 16.2. The summed E-state index contributed by atoms with van der Waals surface area (Å²) in [5, 5.41) is 2.40. The first-order valence-corrected chi connectivity index (χ1v) is 2.96. The maximum absolute atomic E-state index is 10.7. The lowest BCUT2D eigenvalue weighted by Gasteiger charge is -2.06. The molecule has 1 radical (unpaired) electrons. The summed E-state index contributed by atoms with van der Waals surface area (Å²) in [4.78, 5) is 14.6. The van der Waals surface area contributed by atoms with Crippen molar-refractivity contribution in [2.75, 3.05) is 0 Å². The Balaban J connectivity index is 2.59. The number of aliphatic imine (C=N–C) groups is 1. The number of rotatable bonds is 1. The number of hydrogen-bond acceptors (Lipinski definition) is 2. The number of carbonyl (C=O) groups is 1. The summed E-state index contributed by atoms with van der Waals surface area (Å²) >= 11 is 0. The first-order chi connectivity index (χ1) is 4.22. The van der Waals surface area contributed by atoms with E-state index >= 15 is 0 Å². The molecule has 1 amide bonds. The molecule has 0 aromatic carbocycles. The van der Waals surface area contributed by atoms with Crippen LogP contribution in [0, 0.1) is 5.92 Å². The zero-order valence-corrected chi connectivity index (χ0v) is 5.51. The zero-order chi connectivity index (χ0) is 6.85. The fourth-order valence-corrected chi connectivity index (χ4v) is 0.741. The van der Waals surface area contributed by atoms with Crippen LogP contribution in [-0.4, -0.2) is 18.3 Å². The van der Waals surface area contributed by atoms with E-state index < -0.39 is 0 Å². The molecule has 9 heavy (non-hydrogen) atoms. The summed E-state index contributed by atoms with van der Waals surface area (Å²) in [5.41, 5.74) is 0. The van der Waals surface area contributed by atoms with E-state index in [9.17, 15) is 4.79 Å². The molecule has 3 nitrogen and oxygen atoms in total. The molecule has 0 saturated heterocycles. The Morgan fingerprint density at radius 3 is 2.67 bits per heavy atom. The van der Waals surface area contributed by atoms with Crippen LogP contribution in [0.2, 0.25) is 0 Å². The van der Waals surface area contributed by atoms with Crippen LogP contribution >= 0.6 is 0 Å². The SMILES string of the molecule is CC(C)C1N=[C]NC1=O. The van der Waals surface area contributed by atoms with Crippen LogP contribution in [0.3, 0.4) is 0 Å². The second kappa shape index (κ2) is 2.17. The first-order valence-electron chi connectivity index (χ1n) is 2.96. The van der Waals surface area contributed by atoms with Crippen molar-refractivity contribution in [1.82, 2.24) is 5.32 Å². The summed E-state index contributed by atoms with van der Waals surface area (Å²) in [5.74, 6) is 0.241. The topological polar surface area (TPSA) is 41.5 Å². The van der Waals surface area contributed by atoms with Gasteiger partial charge < -0.3 is 5.32 Å². The van der Waals surface area contributed by atoms with E-state index in [4.69, 9.17) is 0 Å². The highest BCUT2D eigenvalue weighted by Crippen LogP contribution is 2.07. The Labute approximate surface area is 54.2 Å². The zero-order valence-electron chi connectivity index (χ0n) is 5.51. The third kappa shape index (κ3) is 1.09. The molecular weight excluding hydrogens is 116 g/mol. The van der Waals surface area contributed by atoms with Gasteiger partial charge in [-0.15, -0.1) is 0 Å². The van der Waals surface area contributed by atoms with Crippen molar-refractivity contribution in [1.29, 1.82) is 0 Å². The second-order valence-electron chi connectivity index (χ2n) is 2.42. The van der Waals surface area contributed by atoms with E-state index in [1.165, 1.54) is 0 Å². The van der Waals surface area contributed by atoms with Gasteiger partial charge in [0.15, 0.2) is 6.34 Å². The smallest absolute Gasteiger partial charge is 0.250 e. The van der Waals surface area contributed by atoms with Crippen molar-refractivity contribution in [2.24, 2.45) is 10.9 Å². The molecule has 0 aliphatic carbocycles. The Hall–Kier alpha value is -0.860. The van der Waals surface area contributed by atoms with Crippen molar-refractivity contribution in [3.05, 3.63) is 0 Å². The maximum atomic E-state index is 10.7. The predicted octanol–water partition coefficient (Wildman–Crippen LogP) is 0.0461. The van der Waals surface area contributed by atoms with Crippen molar-refractivity contribution < 1.29 is 4.79 Å². The Kier molecular flexibility index (Phi) is 1.51. The van der Waals surface area contributed by atoms with Crippen LogP contribution in [0.15, 0.2) is 4.99 Å². The number of carbonyl (C=O) groups excluding carboxylic acids is 1. The lowest BCUT2D eigenvalue weighted by molar-refractivity contribution is -0.120. The van der Waals surface area contributed by atoms with Crippen LogP contribution in [0.5, 0.6) is 0 Å². The van der Waals surface area contributed by atoms with Crippen LogP contribution in [0.4, 0.5) is 0 Å². The quantitative estimate of drug-likeness (QED) is 0.528. The van der Waals surface area contributed by atoms with E-state index in [1.807, 2.05) is 13.8 Å². The Morgan fingerprint density at radius 2 is 2.44 bits per heavy atom. The van der Waals surface area contributed by atoms with Gasteiger partial charge in [-0.1, -0.05) is 13.8 Å². The maximum Gasteiger partial charge on any atom is 0.250 e. The summed E-state index contributed by atoms with van der Waals surface area (Å²) in [6, 6.07) is -0.204. The van der Waals surface area contributed by atoms with Gasteiger partial charge in [-0.25, -0.2) is 0 Å². The molecule has 1 N–H and O–H groups in total. The number of nitrogens with zero attached hydrogens (tertiary/aromatic N) is 1. The third-order valence-electron chi connectivity index (χ3n) is 1.28. The van der Waals surface area contributed by atoms with Crippen molar-refractivity contribution in [3.63, 3.8) is 0 Å². The van der Waals surface area contributed by atoms with E-state index in [0.717, 1.165) is 0 Å². The molecular formula is C6H9N2O. The van der Waals surface area contributed by atoms with Crippen LogP contribution in [-0.2, 0) is 4.79 Å². The average Bonchev–Trinajstić information content (AvgIpc) is 2.13. The summed E-state index contributed by atoms with van der Waals surface area (Å²) in [6.07, 6.45) is 2.43. The molecule has 0 spiro atoms. The van der Waals surface area contributed by atoms with Gasteiger partial charge in [0.05, 0.1) is 0 Å². The summed E-state index contributed by atoms with van der Waals surface area (Å²) in [7, 11) is 0. The van der Waals surface area contributed by atoms with Gasteiger partial charge in [0, 0.05) is 0 Å². The van der Waals surface area contributed by atoms with E-state index in [1.54, 1.807) is 0 Å². The fourth-order valence-electron chi connectivity index (χ4n) is 0.741. The highest BCUT2D eigenvalue weighted by Gasteiger charge is 2.23. The molecule has 1 unspecified atom stereocenters. The van der Waals surface area contributed by atoms with Gasteiger partial charge in [0.1, 0.15) is 6.04 Å². The summed E-state index contributed by atoms with van der Waals surface area (Å²) < 4.78 is 0. The molecule has 0 bridgehead atoms. The molecule has 1 atom stereocenters. The average molecular weight is 125 g/mol. The van der Waals surface area contributed by atoms with Gasteiger partial charge in [-0.3, -0.25) is 9.79 Å². The first kappa shape index (κ1) is 6.26. The van der Waals surface area contributed by atoms with Crippen molar-refractivity contribution in [2.45, 2.75) is 19.9 Å². The van der Waals surface area contributed by atoms with E-state index in [0.29, 0.717) is 0 Å². The summed E-state index contributed by atoms with van der Waals surface area (Å²) in [6.45, 7) is 3.92. The molecule has 0 saturated carbocycles. The lowest BCUT2D eigenvalue weighted by Crippen LogP contribution is -2.28. The van der Waals surface area contributed by atoms with E-state index in [2.05, 4.69) is 16.6 Å². The minimum atomic E-state index is -0.204. The molecule has 0 aromatic heterocycles. The largest absolute Gasteiger partial charge is 0.306 e. The van der Waals surface area contributed by atoms with Gasteiger partial charge in [-0.05, 0) is 5.92 Å². The second-order valence-corrected chi connectivity index (χ2v) is 2.42. The van der Waals surface area contributed by atoms with Gasteiger partial charge in [0.25, 0.3) is 5.91 Å². The number of nitrogens with one attached hydrogen (secondary N) is 1. The predicted molar refractivity (Wildman–Crippen MR) is 34.2 cm³/mol. The van der Waals surface area contributed by atoms with Crippen molar-refractivity contribution in [3.8, 4) is 0 Å². The molecule has 0 aromatic rings. The number of hydrogen-bond donors (Lipinski definition) is 1.